The lowest BCUT2D eigenvalue weighted by atomic mass is 10.1. The van der Waals surface area contributed by atoms with Gasteiger partial charge in [-0.3, -0.25) is 15.6 Å². The second-order valence-corrected chi connectivity index (χ2v) is 6.01. The van der Waals surface area contributed by atoms with Gasteiger partial charge in [0.25, 0.3) is 5.91 Å². The van der Waals surface area contributed by atoms with Crippen LogP contribution in [0.4, 0.5) is 5.69 Å². The molecule has 0 aliphatic heterocycles. The van der Waals surface area contributed by atoms with Crippen LogP contribution in [0.5, 0.6) is 0 Å². The number of carbonyl (C=O) groups excluding carboxylic acids is 1. The molecule has 1 aromatic heterocycles. The first kappa shape index (κ1) is 16.0. The Morgan fingerprint density at radius 2 is 1.88 bits per heavy atom. The van der Waals surface area contributed by atoms with Gasteiger partial charge < -0.3 is 10.3 Å². The summed E-state index contributed by atoms with van der Waals surface area (Å²) in [6.45, 7) is 4.01. The van der Waals surface area contributed by atoms with E-state index in [0.29, 0.717) is 10.7 Å². The maximum absolute atomic E-state index is 12.3. The van der Waals surface area contributed by atoms with Gasteiger partial charge in [-0.2, -0.15) is 0 Å². The molecular formula is C18H18N4OS. The number of aromatic nitrogens is 1. The Labute approximate surface area is 145 Å². The molecule has 6 heteroatoms. The molecule has 0 saturated heterocycles. The number of aryl methyl sites for hydroxylation is 2. The highest BCUT2D eigenvalue weighted by molar-refractivity contribution is 7.80. The van der Waals surface area contributed by atoms with Gasteiger partial charge in [-0.15, -0.1) is 0 Å². The Morgan fingerprint density at radius 3 is 2.71 bits per heavy atom. The van der Waals surface area contributed by atoms with E-state index >= 15 is 0 Å². The molecule has 122 valence electrons. The first-order valence-corrected chi connectivity index (χ1v) is 7.96. The summed E-state index contributed by atoms with van der Waals surface area (Å²) in [7, 11) is 0. The van der Waals surface area contributed by atoms with Crippen molar-refractivity contribution >= 4 is 39.8 Å². The Hall–Kier alpha value is -2.86. The van der Waals surface area contributed by atoms with Crippen molar-refractivity contribution in [2.45, 2.75) is 13.8 Å². The average molecular weight is 338 g/mol. The van der Waals surface area contributed by atoms with E-state index in [2.05, 4.69) is 21.2 Å². The van der Waals surface area contributed by atoms with Gasteiger partial charge in [0.05, 0.1) is 5.56 Å². The number of fused-ring (bicyclic) bond motifs is 1. The van der Waals surface area contributed by atoms with Crippen molar-refractivity contribution in [1.29, 1.82) is 0 Å². The van der Waals surface area contributed by atoms with Gasteiger partial charge in [-0.1, -0.05) is 30.3 Å². The SMILES string of the molecule is Cc1ccc(C)c(NC(=S)NNC(=O)c2c[nH]c3ccccc23)c1. The fraction of sp³-hybridized carbons (Fsp3) is 0.111. The van der Waals surface area contributed by atoms with Crippen molar-refractivity contribution in [3.63, 3.8) is 0 Å². The van der Waals surface area contributed by atoms with Crippen molar-refractivity contribution in [2.24, 2.45) is 0 Å². The van der Waals surface area contributed by atoms with Crippen LogP contribution in [0.25, 0.3) is 10.9 Å². The van der Waals surface area contributed by atoms with Crippen LogP contribution in [0.2, 0.25) is 0 Å². The van der Waals surface area contributed by atoms with Crippen molar-refractivity contribution in [3.8, 4) is 0 Å². The molecule has 0 fully saturated rings. The van der Waals surface area contributed by atoms with Crippen LogP contribution in [-0.2, 0) is 0 Å². The molecule has 24 heavy (non-hydrogen) atoms. The number of carbonyl (C=O) groups is 1. The van der Waals surface area contributed by atoms with E-state index in [1.165, 1.54) is 0 Å². The van der Waals surface area contributed by atoms with Gasteiger partial charge in [0, 0.05) is 22.8 Å². The number of amides is 1. The lowest BCUT2D eigenvalue weighted by Crippen LogP contribution is -2.43. The molecule has 0 aliphatic carbocycles. The molecule has 0 saturated carbocycles. The number of rotatable bonds is 2. The van der Waals surface area contributed by atoms with E-state index in [1.54, 1.807) is 6.20 Å². The predicted octanol–water partition coefficient (Wildman–Crippen LogP) is 3.42. The number of nitrogens with one attached hydrogen (secondary N) is 4. The summed E-state index contributed by atoms with van der Waals surface area (Å²) in [4.78, 5) is 15.4. The number of thiocarbonyl (C=S) groups is 1. The van der Waals surface area contributed by atoms with Crippen LogP contribution >= 0.6 is 12.2 Å². The summed E-state index contributed by atoms with van der Waals surface area (Å²) in [5, 5.41) is 4.28. The van der Waals surface area contributed by atoms with Gasteiger partial charge >= 0.3 is 0 Å². The van der Waals surface area contributed by atoms with E-state index in [1.807, 2.05) is 56.3 Å². The Balaban J connectivity index is 1.64. The van der Waals surface area contributed by atoms with Gasteiger partial charge in [0.15, 0.2) is 5.11 Å². The smallest absolute Gasteiger partial charge is 0.271 e. The summed E-state index contributed by atoms with van der Waals surface area (Å²) in [5.41, 5.74) is 9.95. The Kier molecular flexibility index (Phi) is 4.48. The molecule has 0 atom stereocenters. The third kappa shape index (κ3) is 3.38. The molecule has 3 rings (SSSR count). The van der Waals surface area contributed by atoms with Crippen molar-refractivity contribution in [1.82, 2.24) is 15.8 Å². The number of para-hydroxylation sites is 1. The van der Waals surface area contributed by atoms with E-state index in [9.17, 15) is 4.79 Å². The molecule has 1 amide bonds. The van der Waals surface area contributed by atoms with Gasteiger partial charge in [0.1, 0.15) is 0 Å². The molecule has 5 nitrogen and oxygen atoms in total. The summed E-state index contributed by atoms with van der Waals surface area (Å²) in [6.07, 6.45) is 1.68. The minimum atomic E-state index is -0.252. The van der Waals surface area contributed by atoms with Crippen molar-refractivity contribution in [3.05, 3.63) is 65.4 Å². The molecule has 4 N–H and O–H groups in total. The maximum Gasteiger partial charge on any atom is 0.271 e. The van der Waals surface area contributed by atoms with Crippen molar-refractivity contribution in [2.75, 3.05) is 5.32 Å². The fourth-order valence-electron chi connectivity index (χ4n) is 2.46. The number of hydrogen-bond acceptors (Lipinski definition) is 2. The highest BCUT2D eigenvalue weighted by atomic mass is 32.1. The zero-order valence-corrected chi connectivity index (χ0v) is 14.3. The Bertz CT molecular complexity index is 916. The minimum Gasteiger partial charge on any atom is -0.360 e. The molecule has 0 spiro atoms. The molecular weight excluding hydrogens is 320 g/mol. The third-order valence-electron chi connectivity index (χ3n) is 3.76. The van der Waals surface area contributed by atoms with Crippen LogP contribution in [0.3, 0.4) is 0 Å². The van der Waals surface area contributed by atoms with Crippen LogP contribution in [-0.4, -0.2) is 16.0 Å². The quantitative estimate of drug-likeness (QED) is 0.427. The third-order valence-corrected chi connectivity index (χ3v) is 3.97. The van der Waals surface area contributed by atoms with Crippen LogP contribution < -0.4 is 16.2 Å². The predicted molar refractivity (Wildman–Crippen MR) is 101 cm³/mol. The maximum atomic E-state index is 12.3. The number of hydrazine groups is 1. The van der Waals surface area contributed by atoms with Crippen molar-refractivity contribution < 1.29 is 4.79 Å². The Morgan fingerprint density at radius 1 is 1.08 bits per heavy atom. The molecule has 1 heterocycles. The second-order valence-electron chi connectivity index (χ2n) is 5.60. The van der Waals surface area contributed by atoms with Crippen LogP contribution in [0.15, 0.2) is 48.7 Å². The standard InChI is InChI=1S/C18H18N4OS/c1-11-7-8-12(2)16(9-11)20-18(24)22-21-17(23)14-10-19-15-6-4-3-5-13(14)15/h3-10,19H,1-2H3,(H,21,23)(H2,20,22,24). The molecule has 3 aromatic rings. The zero-order valence-electron chi connectivity index (χ0n) is 13.4. The molecule has 0 unspecified atom stereocenters. The number of anilines is 1. The normalized spacial score (nSPS) is 10.4. The minimum absolute atomic E-state index is 0.252. The lowest BCUT2D eigenvalue weighted by molar-refractivity contribution is 0.0946. The lowest BCUT2D eigenvalue weighted by Gasteiger charge is -2.13. The molecule has 2 aromatic carbocycles. The highest BCUT2D eigenvalue weighted by Gasteiger charge is 2.11. The summed E-state index contributed by atoms with van der Waals surface area (Å²) in [6, 6.07) is 13.7. The number of H-pyrrole nitrogens is 1. The number of hydrogen-bond donors (Lipinski definition) is 4. The monoisotopic (exact) mass is 338 g/mol. The number of benzene rings is 2. The average Bonchev–Trinajstić information content (AvgIpc) is 3.00. The summed E-state index contributed by atoms with van der Waals surface area (Å²) < 4.78 is 0. The van der Waals surface area contributed by atoms with Gasteiger partial charge in [-0.05, 0) is 49.3 Å². The fourth-order valence-corrected chi connectivity index (χ4v) is 2.63. The topological polar surface area (TPSA) is 68.9 Å². The van der Waals surface area contributed by atoms with Crippen LogP contribution in [0.1, 0.15) is 21.5 Å². The van der Waals surface area contributed by atoms with E-state index in [-0.39, 0.29) is 5.91 Å². The van der Waals surface area contributed by atoms with E-state index in [4.69, 9.17) is 12.2 Å². The van der Waals surface area contributed by atoms with Crippen LogP contribution in [0, 0.1) is 13.8 Å². The first-order valence-electron chi connectivity index (χ1n) is 7.55. The molecule has 0 radical (unpaired) electrons. The second kappa shape index (κ2) is 6.72. The first-order chi connectivity index (χ1) is 11.5. The summed E-state index contributed by atoms with van der Waals surface area (Å²) >= 11 is 5.24. The molecule has 0 aliphatic rings. The van der Waals surface area contributed by atoms with Gasteiger partial charge in [-0.25, -0.2) is 0 Å². The zero-order chi connectivity index (χ0) is 17.1. The summed E-state index contributed by atoms with van der Waals surface area (Å²) in [5.74, 6) is -0.252. The largest absolute Gasteiger partial charge is 0.360 e. The van der Waals surface area contributed by atoms with Gasteiger partial charge in [0.2, 0.25) is 0 Å². The van der Waals surface area contributed by atoms with E-state index in [0.717, 1.165) is 27.7 Å². The highest BCUT2D eigenvalue weighted by Crippen LogP contribution is 2.17. The molecule has 0 bridgehead atoms. The number of aromatic amines is 1. The van der Waals surface area contributed by atoms with E-state index < -0.39 is 0 Å².